The Labute approximate surface area is 163 Å². The Morgan fingerprint density at radius 1 is 1.19 bits per heavy atom. The molecule has 2 saturated heterocycles. The average Bonchev–Trinajstić information content (AvgIpc) is 3.17. The van der Waals surface area contributed by atoms with E-state index < -0.39 is 22.9 Å². The van der Waals surface area contributed by atoms with Gasteiger partial charge in [0, 0.05) is 17.5 Å². The fourth-order valence-corrected chi connectivity index (χ4v) is 5.61. The fourth-order valence-electron chi connectivity index (χ4n) is 5.10. The molecule has 0 saturated carbocycles. The molecule has 7 heteroatoms. The van der Waals surface area contributed by atoms with Crippen molar-refractivity contribution in [3.63, 3.8) is 0 Å². The second-order valence-electron chi connectivity index (χ2n) is 8.67. The van der Waals surface area contributed by atoms with Crippen LogP contribution in [0.1, 0.15) is 32.8 Å². The number of nitrogens with zero attached hydrogens (tertiary/aromatic N) is 1. The summed E-state index contributed by atoms with van der Waals surface area (Å²) in [5.74, 6) is -0.746. The number of thioether (sulfide) groups is 1. The molecule has 3 N–H and O–H groups in total. The lowest BCUT2D eigenvalue weighted by molar-refractivity contribution is -0.733. The van der Waals surface area contributed by atoms with Gasteiger partial charge in [-0.15, -0.1) is 0 Å². The van der Waals surface area contributed by atoms with Gasteiger partial charge in [-0.05, 0) is 38.8 Å². The second-order valence-corrected chi connectivity index (χ2v) is 9.65. The van der Waals surface area contributed by atoms with Crippen LogP contribution in [0.2, 0.25) is 0 Å². The van der Waals surface area contributed by atoms with Gasteiger partial charge < -0.3 is 10.6 Å². The number of amides is 3. The topological polar surface area (TPSA) is 83.1 Å². The summed E-state index contributed by atoms with van der Waals surface area (Å²) in [6, 6.07) is 7.46. The van der Waals surface area contributed by atoms with Gasteiger partial charge in [0.25, 0.3) is 5.91 Å². The first-order valence-corrected chi connectivity index (χ1v) is 10.8. The maximum atomic E-state index is 13.5. The molecule has 1 aromatic carbocycles. The van der Waals surface area contributed by atoms with Crippen molar-refractivity contribution in [2.75, 3.05) is 17.3 Å². The Hall–Kier alpha value is -1.86. The minimum atomic E-state index is -1.04. The fraction of sp³-hybridized carbons (Fsp3) is 0.550. The Bertz CT molecular complexity index is 834. The summed E-state index contributed by atoms with van der Waals surface area (Å²) in [5.41, 5.74) is -0.0684. The number of imide groups is 1. The molecule has 144 valence electrons. The lowest BCUT2D eigenvalue weighted by atomic mass is 9.76. The van der Waals surface area contributed by atoms with Gasteiger partial charge in [0.1, 0.15) is 17.9 Å². The molecule has 1 spiro atoms. The van der Waals surface area contributed by atoms with Crippen LogP contribution in [0.15, 0.2) is 24.3 Å². The van der Waals surface area contributed by atoms with E-state index in [-0.39, 0.29) is 23.8 Å². The highest BCUT2D eigenvalue weighted by molar-refractivity contribution is 7.98. The Kier molecular flexibility index (Phi) is 4.16. The molecule has 0 aromatic heterocycles. The van der Waals surface area contributed by atoms with Crippen LogP contribution in [-0.2, 0) is 19.9 Å². The van der Waals surface area contributed by atoms with Gasteiger partial charge in [0.05, 0.1) is 5.69 Å². The third-order valence-corrected chi connectivity index (χ3v) is 6.75. The monoisotopic (exact) mass is 388 g/mol. The zero-order valence-electron chi connectivity index (χ0n) is 16.1. The number of nitrogens with one attached hydrogen (secondary N) is 1. The highest BCUT2D eigenvalue weighted by Gasteiger charge is 2.74. The molecule has 6 nitrogen and oxygen atoms in total. The third-order valence-electron chi connectivity index (χ3n) is 6.10. The molecule has 3 aliphatic rings. The van der Waals surface area contributed by atoms with E-state index in [1.807, 2.05) is 56.6 Å². The molecule has 4 atom stereocenters. The van der Waals surface area contributed by atoms with Crippen molar-refractivity contribution >= 4 is 35.2 Å². The molecule has 0 aliphatic carbocycles. The second kappa shape index (κ2) is 6.07. The van der Waals surface area contributed by atoms with Gasteiger partial charge in [-0.1, -0.05) is 18.2 Å². The van der Waals surface area contributed by atoms with E-state index in [0.29, 0.717) is 0 Å². The Balaban J connectivity index is 1.87. The van der Waals surface area contributed by atoms with Gasteiger partial charge in [0.2, 0.25) is 17.4 Å². The molecular weight excluding hydrogens is 362 g/mol. The Morgan fingerprint density at radius 2 is 1.89 bits per heavy atom. The van der Waals surface area contributed by atoms with Gasteiger partial charge in [0.15, 0.2) is 0 Å². The molecule has 3 amide bonds. The number of para-hydroxylation sites is 1. The molecule has 3 aliphatic heterocycles. The Morgan fingerprint density at radius 3 is 2.56 bits per heavy atom. The van der Waals surface area contributed by atoms with Crippen LogP contribution in [0.3, 0.4) is 0 Å². The first-order valence-electron chi connectivity index (χ1n) is 9.37. The lowest BCUT2D eigenvalue weighted by Gasteiger charge is -2.33. The normalized spacial score (nSPS) is 32.2. The van der Waals surface area contributed by atoms with Crippen LogP contribution >= 0.6 is 11.8 Å². The maximum absolute atomic E-state index is 13.5. The average molecular weight is 389 g/mol. The first kappa shape index (κ1) is 18.5. The number of carbonyl (C=O) groups excluding carboxylic acids is 3. The van der Waals surface area contributed by atoms with E-state index in [1.54, 1.807) is 11.8 Å². The van der Waals surface area contributed by atoms with E-state index in [0.717, 1.165) is 23.4 Å². The molecule has 0 radical (unpaired) electrons. The van der Waals surface area contributed by atoms with Crippen LogP contribution in [0.4, 0.5) is 5.69 Å². The number of rotatable bonds is 3. The third kappa shape index (κ3) is 2.41. The number of anilines is 1. The number of fused-ring (bicyclic) bond motifs is 4. The van der Waals surface area contributed by atoms with Crippen molar-refractivity contribution in [3.05, 3.63) is 29.8 Å². The van der Waals surface area contributed by atoms with Crippen molar-refractivity contribution in [2.45, 2.75) is 44.3 Å². The van der Waals surface area contributed by atoms with Crippen molar-refractivity contribution in [3.8, 4) is 0 Å². The summed E-state index contributed by atoms with van der Waals surface area (Å²) in [5, 5.41) is 4.96. The van der Waals surface area contributed by atoms with E-state index in [2.05, 4.69) is 5.32 Å². The van der Waals surface area contributed by atoms with E-state index in [1.165, 1.54) is 4.90 Å². The van der Waals surface area contributed by atoms with Crippen LogP contribution in [0.5, 0.6) is 0 Å². The lowest BCUT2D eigenvalue weighted by Crippen LogP contribution is -2.99. The van der Waals surface area contributed by atoms with Crippen molar-refractivity contribution in [2.24, 2.45) is 11.8 Å². The van der Waals surface area contributed by atoms with Crippen molar-refractivity contribution in [1.29, 1.82) is 0 Å². The number of likely N-dealkylation sites (tertiary alicyclic amines) is 1. The van der Waals surface area contributed by atoms with E-state index in [4.69, 9.17) is 0 Å². The molecule has 2 fully saturated rings. The van der Waals surface area contributed by atoms with Crippen LogP contribution in [0, 0.1) is 11.8 Å². The van der Waals surface area contributed by atoms with Gasteiger partial charge in [-0.3, -0.25) is 19.3 Å². The largest absolute Gasteiger partial charge is 0.326 e. The van der Waals surface area contributed by atoms with E-state index in [9.17, 15) is 14.4 Å². The number of quaternary nitrogens is 1. The summed E-state index contributed by atoms with van der Waals surface area (Å²) in [4.78, 5) is 41.4. The molecule has 4 rings (SSSR count). The van der Waals surface area contributed by atoms with Crippen LogP contribution in [-0.4, -0.2) is 46.2 Å². The molecular formula is C20H26N3O3S+. The van der Waals surface area contributed by atoms with Gasteiger partial charge in [-0.2, -0.15) is 11.8 Å². The minimum absolute atomic E-state index is 0.0804. The summed E-state index contributed by atoms with van der Waals surface area (Å²) >= 11 is 1.72. The van der Waals surface area contributed by atoms with Crippen LogP contribution < -0.4 is 10.6 Å². The first-order chi connectivity index (χ1) is 12.7. The summed E-state index contributed by atoms with van der Waals surface area (Å²) in [7, 11) is 0. The maximum Gasteiger partial charge on any atom is 0.291 e. The summed E-state index contributed by atoms with van der Waals surface area (Å²) in [6.07, 6.45) is 2.82. The highest BCUT2D eigenvalue weighted by atomic mass is 32.2. The number of hydrogen-bond donors (Lipinski definition) is 2. The predicted molar refractivity (Wildman–Crippen MR) is 104 cm³/mol. The highest BCUT2D eigenvalue weighted by Crippen LogP contribution is 2.50. The zero-order valence-corrected chi connectivity index (χ0v) is 16.9. The predicted octanol–water partition coefficient (Wildman–Crippen LogP) is 0.932. The van der Waals surface area contributed by atoms with Crippen molar-refractivity contribution in [1.82, 2.24) is 4.90 Å². The number of benzene rings is 1. The summed E-state index contributed by atoms with van der Waals surface area (Å²) < 4.78 is 0. The molecule has 27 heavy (non-hydrogen) atoms. The van der Waals surface area contributed by atoms with E-state index >= 15 is 0 Å². The summed E-state index contributed by atoms with van der Waals surface area (Å²) in [6.45, 7) is 5.62. The molecule has 0 unspecified atom stereocenters. The number of nitrogens with two attached hydrogens (primary N) is 1. The molecule has 1 aromatic rings. The molecule has 0 bridgehead atoms. The van der Waals surface area contributed by atoms with Gasteiger partial charge in [-0.25, -0.2) is 0 Å². The molecule has 3 heterocycles. The zero-order chi connectivity index (χ0) is 19.6. The quantitative estimate of drug-likeness (QED) is 0.755. The van der Waals surface area contributed by atoms with Gasteiger partial charge >= 0.3 is 0 Å². The number of carbonyl (C=O) groups is 3. The minimum Gasteiger partial charge on any atom is -0.326 e. The standard InChI is InChI=1S/C20H25N3O3S/c1-19(2,3)23-16(24)14-13(9-10-27-4)22-20(15(14)17(23)25)11-7-5-6-8-12(11)21-18(20)26/h5-8,13-15,22H,9-10H2,1-4H3,(H,21,26)/p+1/t13-,14+,15+,20+/m0/s1. The van der Waals surface area contributed by atoms with Crippen LogP contribution in [0.25, 0.3) is 0 Å². The van der Waals surface area contributed by atoms with Crippen molar-refractivity contribution < 1.29 is 19.7 Å². The smallest absolute Gasteiger partial charge is 0.291 e. The SMILES string of the molecule is CSCC[C@@H]1[NH2+][C@@]2(C(=O)Nc3ccccc32)[C@H]2C(=O)N(C(C)(C)C)C(=O)[C@H]12. The number of hydrogen-bond acceptors (Lipinski definition) is 4.